The molecule has 4 rings (SSSR count). The maximum atomic E-state index is 13.0. The van der Waals surface area contributed by atoms with Crippen molar-refractivity contribution in [3.8, 4) is 0 Å². The quantitative estimate of drug-likeness (QED) is 0.745. The second-order valence-electron chi connectivity index (χ2n) is 7.91. The summed E-state index contributed by atoms with van der Waals surface area (Å²) >= 11 is 0. The molecule has 0 bridgehead atoms. The average molecular weight is 381 g/mol. The summed E-state index contributed by atoms with van der Waals surface area (Å²) in [6.07, 6.45) is 5.07. The van der Waals surface area contributed by atoms with Gasteiger partial charge < -0.3 is 4.79 Å². The Balaban J connectivity index is 1.57. The number of hydrogen-bond acceptors (Lipinski definition) is 3. The van der Waals surface area contributed by atoms with Crippen LogP contribution >= 0.6 is 0 Å². The van der Waals surface area contributed by atoms with Gasteiger partial charge in [-0.05, 0) is 30.5 Å². The summed E-state index contributed by atoms with van der Waals surface area (Å²) in [5, 5.41) is 0. The number of benzene rings is 2. The van der Waals surface area contributed by atoms with Crippen molar-refractivity contribution in [2.75, 3.05) is 13.1 Å². The van der Waals surface area contributed by atoms with Crippen molar-refractivity contribution >= 4 is 22.4 Å². The first-order valence-electron chi connectivity index (χ1n) is 9.10. The third-order valence-corrected chi connectivity index (χ3v) is 8.12. The van der Waals surface area contributed by atoms with E-state index in [1.807, 2.05) is 50.3 Å². The van der Waals surface area contributed by atoms with Crippen molar-refractivity contribution in [2.24, 2.45) is 16.7 Å². The summed E-state index contributed by atoms with van der Waals surface area (Å²) in [6, 6.07) is 16.8. The molecule has 4 nitrogen and oxygen atoms in total. The number of aryl methyl sites for hydroxylation is 1. The van der Waals surface area contributed by atoms with Gasteiger partial charge in [-0.2, -0.15) is 4.31 Å². The van der Waals surface area contributed by atoms with Crippen LogP contribution in [0, 0.1) is 23.7 Å². The minimum atomic E-state index is -3.58. The second kappa shape index (κ2) is 6.14. The van der Waals surface area contributed by atoms with Crippen LogP contribution in [-0.4, -0.2) is 32.1 Å². The molecular formula is C22H23NO3S. The molecule has 0 spiro atoms. The van der Waals surface area contributed by atoms with E-state index in [0.717, 1.165) is 17.4 Å². The summed E-state index contributed by atoms with van der Waals surface area (Å²) < 4.78 is 27.5. The Hall–Kier alpha value is -2.24. The zero-order valence-electron chi connectivity index (χ0n) is 15.5. The fourth-order valence-corrected chi connectivity index (χ4v) is 6.10. The Kier molecular flexibility index (Phi) is 4.13. The van der Waals surface area contributed by atoms with Crippen LogP contribution in [0.3, 0.4) is 0 Å². The largest absolute Gasteiger partial charge is 0.303 e. The zero-order chi connectivity index (χ0) is 19.3. The van der Waals surface area contributed by atoms with Crippen molar-refractivity contribution < 1.29 is 13.2 Å². The molecule has 0 N–H and O–H groups in total. The Morgan fingerprint density at radius 1 is 1.04 bits per heavy atom. The van der Waals surface area contributed by atoms with Gasteiger partial charge in [-0.1, -0.05) is 67.1 Å². The van der Waals surface area contributed by atoms with Gasteiger partial charge in [0.15, 0.2) is 0 Å². The van der Waals surface area contributed by atoms with Gasteiger partial charge in [0.25, 0.3) is 0 Å². The van der Waals surface area contributed by atoms with Gasteiger partial charge >= 0.3 is 0 Å². The number of aldehydes is 1. The fraction of sp³-hybridized carbons (Fsp3) is 0.318. The first kappa shape index (κ1) is 18.1. The first-order chi connectivity index (χ1) is 12.8. The third kappa shape index (κ3) is 2.68. The number of rotatable bonds is 5. The van der Waals surface area contributed by atoms with E-state index in [9.17, 15) is 13.2 Å². The van der Waals surface area contributed by atoms with Gasteiger partial charge in [-0.3, -0.25) is 0 Å². The van der Waals surface area contributed by atoms with Crippen molar-refractivity contribution in [3.05, 3.63) is 71.8 Å². The van der Waals surface area contributed by atoms with Crippen LogP contribution < -0.4 is 0 Å². The van der Waals surface area contributed by atoms with Gasteiger partial charge in [0.1, 0.15) is 6.29 Å². The van der Waals surface area contributed by atoms with E-state index in [1.54, 1.807) is 24.3 Å². The molecule has 5 heteroatoms. The highest BCUT2D eigenvalue weighted by Crippen LogP contribution is 2.72. The monoisotopic (exact) mass is 381 g/mol. The van der Waals surface area contributed by atoms with Gasteiger partial charge in [0, 0.05) is 18.5 Å². The number of hydrogen-bond donors (Lipinski definition) is 0. The Labute approximate surface area is 160 Å². The predicted molar refractivity (Wildman–Crippen MR) is 106 cm³/mol. The Morgan fingerprint density at radius 3 is 2.30 bits per heavy atom. The maximum absolute atomic E-state index is 13.0. The smallest absolute Gasteiger partial charge is 0.243 e. The molecule has 1 aliphatic carbocycles. The number of nitrogens with zero attached hydrogens (tertiary/aromatic N) is 1. The summed E-state index contributed by atoms with van der Waals surface area (Å²) in [5.74, 6) is 0.0622. The van der Waals surface area contributed by atoms with Gasteiger partial charge in [0.2, 0.25) is 10.0 Å². The SMILES string of the molecule is Cc1ccc(S(=O)(=O)N2CC3(C=O)C(/C=C/c4ccccc4)[C@]3(C)C2)cc1. The molecule has 27 heavy (non-hydrogen) atoms. The van der Waals surface area contributed by atoms with E-state index in [-0.39, 0.29) is 22.8 Å². The molecule has 0 amide bonds. The Morgan fingerprint density at radius 2 is 1.70 bits per heavy atom. The highest BCUT2D eigenvalue weighted by molar-refractivity contribution is 7.89. The molecule has 2 aromatic rings. The van der Waals surface area contributed by atoms with E-state index in [2.05, 4.69) is 6.08 Å². The fourth-order valence-electron chi connectivity index (χ4n) is 4.50. The first-order valence-corrected chi connectivity index (χ1v) is 10.5. The average Bonchev–Trinajstić information content (AvgIpc) is 2.98. The van der Waals surface area contributed by atoms with Crippen LogP contribution in [0.4, 0.5) is 0 Å². The normalized spacial score (nSPS) is 30.4. The number of piperidine rings is 1. The molecule has 0 aromatic heterocycles. The van der Waals surface area contributed by atoms with Crippen LogP contribution in [0.2, 0.25) is 0 Å². The van der Waals surface area contributed by atoms with Crippen molar-refractivity contribution in [2.45, 2.75) is 18.7 Å². The lowest BCUT2D eigenvalue weighted by Crippen LogP contribution is -2.34. The summed E-state index contributed by atoms with van der Waals surface area (Å²) in [4.78, 5) is 12.3. The predicted octanol–water partition coefficient (Wildman–Crippen LogP) is 3.53. The van der Waals surface area contributed by atoms with Gasteiger partial charge in [0.05, 0.1) is 10.3 Å². The van der Waals surface area contributed by atoms with Crippen LogP contribution in [0.15, 0.2) is 65.6 Å². The van der Waals surface area contributed by atoms with Crippen LogP contribution in [-0.2, 0) is 14.8 Å². The minimum absolute atomic E-state index is 0.0622. The lowest BCUT2D eigenvalue weighted by atomic mass is 10.0. The summed E-state index contributed by atoms with van der Waals surface area (Å²) in [6.45, 7) is 4.55. The molecule has 0 radical (unpaired) electrons. The molecular weight excluding hydrogens is 358 g/mol. The number of carbonyl (C=O) groups is 1. The summed E-state index contributed by atoms with van der Waals surface area (Å²) in [5.41, 5.74) is 1.12. The van der Waals surface area contributed by atoms with E-state index >= 15 is 0 Å². The topological polar surface area (TPSA) is 54.5 Å². The van der Waals surface area contributed by atoms with Crippen LogP contribution in [0.5, 0.6) is 0 Å². The van der Waals surface area contributed by atoms with Crippen LogP contribution in [0.25, 0.3) is 6.08 Å². The highest BCUT2D eigenvalue weighted by Gasteiger charge is 2.78. The molecule has 1 aliphatic heterocycles. The lowest BCUT2D eigenvalue weighted by Gasteiger charge is -2.21. The standard InChI is InChI=1S/C22H23NO3S/c1-17-8-11-19(12-9-17)27(25,26)23-14-21(2)20(22(21,15-23)16-24)13-10-18-6-4-3-5-7-18/h3-13,16,20H,14-15H2,1-2H3/b13-10+/t20?,21-,22?/m0/s1. The van der Waals surface area contributed by atoms with Crippen molar-refractivity contribution in [3.63, 3.8) is 0 Å². The molecule has 3 atom stereocenters. The third-order valence-electron chi connectivity index (χ3n) is 6.31. The second-order valence-corrected chi connectivity index (χ2v) is 9.85. The molecule has 2 fully saturated rings. The highest BCUT2D eigenvalue weighted by atomic mass is 32.2. The van der Waals surface area contributed by atoms with Gasteiger partial charge in [-0.25, -0.2) is 8.42 Å². The molecule has 1 saturated heterocycles. The molecule has 1 saturated carbocycles. The maximum Gasteiger partial charge on any atom is 0.243 e. The lowest BCUT2D eigenvalue weighted by molar-refractivity contribution is -0.112. The zero-order valence-corrected chi connectivity index (χ0v) is 16.3. The van der Waals surface area contributed by atoms with E-state index in [0.29, 0.717) is 6.54 Å². The summed E-state index contributed by atoms with van der Waals surface area (Å²) in [7, 11) is -3.58. The van der Waals surface area contributed by atoms with E-state index in [4.69, 9.17) is 0 Å². The number of fused-ring (bicyclic) bond motifs is 1. The van der Waals surface area contributed by atoms with Crippen molar-refractivity contribution in [1.82, 2.24) is 4.31 Å². The number of sulfonamides is 1. The van der Waals surface area contributed by atoms with Gasteiger partial charge in [-0.15, -0.1) is 0 Å². The Bertz CT molecular complexity index is 998. The minimum Gasteiger partial charge on any atom is -0.303 e. The van der Waals surface area contributed by atoms with E-state index < -0.39 is 15.4 Å². The number of allylic oxidation sites excluding steroid dienone is 1. The molecule has 2 aromatic carbocycles. The molecule has 2 unspecified atom stereocenters. The van der Waals surface area contributed by atoms with Crippen LogP contribution in [0.1, 0.15) is 18.1 Å². The molecule has 140 valence electrons. The molecule has 2 aliphatic rings. The molecule has 1 heterocycles. The number of carbonyl (C=O) groups excluding carboxylic acids is 1. The van der Waals surface area contributed by atoms with E-state index in [1.165, 1.54) is 4.31 Å². The van der Waals surface area contributed by atoms with Crippen molar-refractivity contribution in [1.29, 1.82) is 0 Å².